The molecule has 0 atom stereocenters. The lowest BCUT2D eigenvalue weighted by Crippen LogP contribution is -2.35. The van der Waals surface area contributed by atoms with Crippen molar-refractivity contribution in [2.45, 2.75) is 32.9 Å². The number of benzene rings is 1. The largest absolute Gasteiger partial charge is 0.493 e. The van der Waals surface area contributed by atoms with Gasteiger partial charge in [0, 0.05) is 19.2 Å². The van der Waals surface area contributed by atoms with Crippen LogP contribution in [0.4, 0.5) is 0 Å². The van der Waals surface area contributed by atoms with Gasteiger partial charge in [0.25, 0.3) is 0 Å². The van der Waals surface area contributed by atoms with E-state index < -0.39 is 0 Å². The van der Waals surface area contributed by atoms with Crippen LogP contribution in [0.25, 0.3) is 0 Å². The third-order valence-electron chi connectivity index (χ3n) is 2.88. The van der Waals surface area contributed by atoms with Gasteiger partial charge in [0.15, 0.2) is 11.5 Å². The standard InChI is InChI=1S/C16H27NO4/c1-16(2,3)17-11-12-9-13(19-5)15(14(10-12)20-6)21-8-7-18-4/h9-10,17H,7-8,11H2,1-6H3. The van der Waals surface area contributed by atoms with Crippen molar-refractivity contribution in [2.75, 3.05) is 34.5 Å². The lowest BCUT2D eigenvalue weighted by molar-refractivity contribution is 0.142. The molecule has 0 heterocycles. The summed E-state index contributed by atoms with van der Waals surface area (Å²) in [4.78, 5) is 0. The van der Waals surface area contributed by atoms with E-state index in [9.17, 15) is 0 Å². The molecule has 21 heavy (non-hydrogen) atoms. The highest BCUT2D eigenvalue weighted by atomic mass is 16.6. The van der Waals surface area contributed by atoms with Crippen LogP contribution in [0.2, 0.25) is 0 Å². The third kappa shape index (κ3) is 5.81. The predicted molar refractivity (Wildman–Crippen MR) is 83.5 cm³/mol. The molecule has 0 spiro atoms. The Morgan fingerprint density at radius 2 is 1.52 bits per heavy atom. The molecule has 0 saturated heterocycles. The van der Waals surface area contributed by atoms with E-state index in [0.717, 1.165) is 12.1 Å². The summed E-state index contributed by atoms with van der Waals surface area (Å²) in [6.45, 7) is 8.08. The Hall–Kier alpha value is -1.46. The Balaban J connectivity index is 2.94. The molecule has 0 aliphatic carbocycles. The number of methoxy groups -OCH3 is 3. The molecule has 5 heteroatoms. The summed E-state index contributed by atoms with van der Waals surface area (Å²) >= 11 is 0. The second kappa shape index (κ2) is 8.10. The summed E-state index contributed by atoms with van der Waals surface area (Å²) in [6, 6.07) is 3.92. The smallest absolute Gasteiger partial charge is 0.203 e. The van der Waals surface area contributed by atoms with Gasteiger partial charge in [-0.1, -0.05) is 0 Å². The maximum Gasteiger partial charge on any atom is 0.203 e. The summed E-state index contributed by atoms with van der Waals surface area (Å²) in [6.07, 6.45) is 0. The van der Waals surface area contributed by atoms with Crippen molar-refractivity contribution in [2.24, 2.45) is 0 Å². The van der Waals surface area contributed by atoms with Gasteiger partial charge in [0.2, 0.25) is 5.75 Å². The summed E-state index contributed by atoms with van der Waals surface area (Å²) in [5, 5.41) is 3.44. The molecular weight excluding hydrogens is 270 g/mol. The molecule has 0 bridgehead atoms. The molecule has 1 rings (SSSR count). The summed E-state index contributed by atoms with van der Waals surface area (Å²) < 4.78 is 21.5. The summed E-state index contributed by atoms with van der Waals surface area (Å²) in [5.41, 5.74) is 1.13. The third-order valence-corrected chi connectivity index (χ3v) is 2.88. The molecule has 0 amide bonds. The summed E-state index contributed by atoms with van der Waals surface area (Å²) in [7, 11) is 4.89. The fourth-order valence-electron chi connectivity index (χ4n) is 1.77. The first kappa shape index (κ1) is 17.6. The highest BCUT2D eigenvalue weighted by Crippen LogP contribution is 2.38. The molecule has 0 radical (unpaired) electrons. The predicted octanol–water partition coefficient (Wildman–Crippen LogP) is 2.62. The van der Waals surface area contributed by atoms with Gasteiger partial charge in [0.05, 0.1) is 20.8 Å². The van der Waals surface area contributed by atoms with Crippen molar-refractivity contribution < 1.29 is 18.9 Å². The van der Waals surface area contributed by atoms with Crippen LogP contribution in [0.1, 0.15) is 26.3 Å². The molecule has 0 aromatic heterocycles. The fourth-order valence-corrected chi connectivity index (χ4v) is 1.77. The van der Waals surface area contributed by atoms with Gasteiger partial charge in [-0.25, -0.2) is 0 Å². The molecule has 5 nitrogen and oxygen atoms in total. The van der Waals surface area contributed by atoms with E-state index in [2.05, 4.69) is 26.1 Å². The molecule has 1 aromatic rings. The second-order valence-electron chi connectivity index (χ2n) is 5.77. The van der Waals surface area contributed by atoms with Crippen LogP contribution in [-0.2, 0) is 11.3 Å². The zero-order chi connectivity index (χ0) is 15.9. The SMILES string of the molecule is COCCOc1c(OC)cc(CNC(C)(C)C)cc1OC. The minimum Gasteiger partial charge on any atom is -0.493 e. The highest BCUT2D eigenvalue weighted by Gasteiger charge is 2.15. The molecule has 0 fully saturated rings. The topological polar surface area (TPSA) is 49.0 Å². The Labute approximate surface area is 127 Å². The molecule has 1 aromatic carbocycles. The molecule has 0 aliphatic rings. The highest BCUT2D eigenvalue weighted by molar-refractivity contribution is 5.53. The Kier molecular flexibility index (Phi) is 6.78. The lowest BCUT2D eigenvalue weighted by atomic mass is 10.1. The van der Waals surface area contributed by atoms with Crippen LogP contribution in [-0.4, -0.2) is 40.1 Å². The van der Waals surface area contributed by atoms with E-state index in [0.29, 0.717) is 30.5 Å². The summed E-state index contributed by atoms with van der Waals surface area (Å²) in [5.74, 6) is 1.93. The zero-order valence-electron chi connectivity index (χ0n) is 13.9. The van der Waals surface area contributed by atoms with E-state index in [1.54, 1.807) is 21.3 Å². The minimum absolute atomic E-state index is 0.0497. The fraction of sp³-hybridized carbons (Fsp3) is 0.625. The van der Waals surface area contributed by atoms with Crippen LogP contribution in [0.15, 0.2) is 12.1 Å². The van der Waals surface area contributed by atoms with Gasteiger partial charge in [0.1, 0.15) is 6.61 Å². The normalized spacial score (nSPS) is 11.3. The lowest BCUT2D eigenvalue weighted by Gasteiger charge is -2.22. The van der Waals surface area contributed by atoms with E-state index >= 15 is 0 Å². The molecule has 0 unspecified atom stereocenters. The molecular formula is C16H27NO4. The van der Waals surface area contributed by atoms with Crippen LogP contribution < -0.4 is 19.5 Å². The Morgan fingerprint density at radius 3 is 1.95 bits per heavy atom. The first-order chi connectivity index (χ1) is 9.91. The molecule has 120 valence electrons. The number of hydrogen-bond acceptors (Lipinski definition) is 5. The van der Waals surface area contributed by atoms with E-state index in [-0.39, 0.29) is 5.54 Å². The zero-order valence-corrected chi connectivity index (χ0v) is 13.9. The van der Waals surface area contributed by atoms with Crippen molar-refractivity contribution >= 4 is 0 Å². The second-order valence-corrected chi connectivity index (χ2v) is 5.77. The Bertz CT molecular complexity index is 415. The van der Waals surface area contributed by atoms with Crippen LogP contribution >= 0.6 is 0 Å². The first-order valence-electron chi connectivity index (χ1n) is 7.03. The van der Waals surface area contributed by atoms with Crippen molar-refractivity contribution in [1.29, 1.82) is 0 Å². The van der Waals surface area contributed by atoms with Crippen LogP contribution in [0.5, 0.6) is 17.2 Å². The van der Waals surface area contributed by atoms with Crippen LogP contribution in [0, 0.1) is 0 Å². The maximum absolute atomic E-state index is 5.70. The number of ether oxygens (including phenoxy) is 4. The van der Waals surface area contributed by atoms with Crippen LogP contribution in [0.3, 0.4) is 0 Å². The van der Waals surface area contributed by atoms with Crippen molar-refractivity contribution in [3.8, 4) is 17.2 Å². The molecule has 0 saturated carbocycles. The number of hydrogen-bond donors (Lipinski definition) is 1. The average molecular weight is 297 g/mol. The quantitative estimate of drug-likeness (QED) is 0.748. The van der Waals surface area contributed by atoms with Gasteiger partial charge in [-0.15, -0.1) is 0 Å². The number of nitrogens with one attached hydrogen (secondary N) is 1. The maximum atomic E-state index is 5.70. The Morgan fingerprint density at radius 1 is 0.952 bits per heavy atom. The van der Waals surface area contributed by atoms with Crippen molar-refractivity contribution in [3.05, 3.63) is 17.7 Å². The van der Waals surface area contributed by atoms with Gasteiger partial charge >= 0.3 is 0 Å². The van der Waals surface area contributed by atoms with Gasteiger partial charge < -0.3 is 24.3 Å². The van der Waals surface area contributed by atoms with E-state index in [1.165, 1.54) is 0 Å². The van der Waals surface area contributed by atoms with Crippen molar-refractivity contribution in [1.82, 2.24) is 5.32 Å². The van der Waals surface area contributed by atoms with E-state index in [1.807, 2.05) is 12.1 Å². The van der Waals surface area contributed by atoms with Gasteiger partial charge in [-0.2, -0.15) is 0 Å². The first-order valence-corrected chi connectivity index (χ1v) is 7.03. The molecule has 1 N–H and O–H groups in total. The average Bonchev–Trinajstić information content (AvgIpc) is 2.44. The monoisotopic (exact) mass is 297 g/mol. The van der Waals surface area contributed by atoms with E-state index in [4.69, 9.17) is 18.9 Å². The van der Waals surface area contributed by atoms with Gasteiger partial charge in [-0.05, 0) is 38.5 Å². The number of rotatable bonds is 8. The van der Waals surface area contributed by atoms with Gasteiger partial charge in [-0.3, -0.25) is 0 Å². The van der Waals surface area contributed by atoms with Crippen molar-refractivity contribution in [3.63, 3.8) is 0 Å². The molecule has 0 aliphatic heterocycles. The minimum atomic E-state index is 0.0497.